The third-order valence-corrected chi connectivity index (χ3v) is 2.27. The highest BCUT2D eigenvalue weighted by Gasteiger charge is 2.12. The van der Waals surface area contributed by atoms with Gasteiger partial charge < -0.3 is 15.3 Å². The fraction of sp³-hybridized carbons (Fsp3) is 0.500. The van der Waals surface area contributed by atoms with Gasteiger partial charge in [-0.1, -0.05) is 6.08 Å². The van der Waals surface area contributed by atoms with E-state index in [1.807, 2.05) is 0 Å². The van der Waals surface area contributed by atoms with Gasteiger partial charge in [0.1, 0.15) is 0 Å². The highest BCUT2D eigenvalue weighted by molar-refractivity contribution is 6.44. The molecule has 0 fully saturated rings. The Kier molecular flexibility index (Phi) is 3.72. The molecule has 1 unspecified atom stereocenters. The maximum atomic E-state index is 8.56. The van der Waals surface area contributed by atoms with E-state index in [0.717, 1.165) is 0 Å². The van der Waals surface area contributed by atoms with Gasteiger partial charge in [-0.25, -0.2) is 0 Å². The molecule has 3 nitrogen and oxygen atoms in total. The van der Waals surface area contributed by atoms with Crippen molar-refractivity contribution in [1.29, 1.82) is 0 Å². The van der Waals surface area contributed by atoms with Gasteiger partial charge in [-0.2, -0.15) is 0 Å². The number of hydrogen-bond acceptors (Lipinski definition) is 3. The molecule has 0 aliphatic carbocycles. The molecule has 0 saturated carbocycles. The fourth-order valence-electron chi connectivity index (χ4n) is 0.340. The van der Waals surface area contributed by atoms with Gasteiger partial charge in [-0.15, -0.1) is 6.58 Å². The van der Waals surface area contributed by atoms with Crippen LogP contribution >= 0.6 is 0 Å². The molecule has 0 aromatic heterocycles. The van der Waals surface area contributed by atoms with E-state index < -0.39 is 9.28 Å². The molecule has 4 N–H and O–H groups in total. The monoisotopic (exact) mass is 133 g/mol. The summed E-state index contributed by atoms with van der Waals surface area (Å²) in [6, 6.07) is 0. The van der Waals surface area contributed by atoms with Crippen molar-refractivity contribution in [1.82, 2.24) is 0 Å². The molecule has 0 aromatic carbocycles. The average Bonchev–Trinajstić information content (AvgIpc) is 1.69. The summed E-state index contributed by atoms with van der Waals surface area (Å²) in [6.45, 7) is 3.67. The highest BCUT2D eigenvalue weighted by Crippen LogP contribution is 2.02. The third kappa shape index (κ3) is 2.22. The first-order valence-electron chi connectivity index (χ1n) is 2.41. The van der Waals surface area contributed by atoms with Crippen LogP contribution in [0.15, 0.2) is 12.7 Å². The van der Waals surface area contributed by atoms with Crippen molar-refractivity contribution in [3.05, 3.63) is 12.7 Å². The van der Waals surface area contributed by atoms with Crippen LogP contribution in [0, 0.1) is 0 Å². The lowest BCUT2D eigenvalue weighted by molar-refractivity contribution is 0.395. The molecule has 1 atom stereocenters. The van der Waals surface area contributed by atoms with Crippen LogP contribution in [0.1, 0.15) is 0 Å². The molecular weight excluding hydrogens is 122 g/mol. The van der Waals surface area contributed by atoms with Gasteiger partial charge in [0.2, 0.25) is 0 Å². The van der Waals surface area contributed by atoms with Gasteiger partial charge in [0, 0.05) is 12.1 Å². The topological polar surface area (TPSA) is 66.5 Å². The minimum atomic E-state index is -2.53. The molecule has 0 rings (SSSR count). The zero-order valence-electron chi connectivity index (χ0n) is 4.62. The fourth-order valence-corrected chi connectivity index (χ4v) is 0.827. The van der Waals surface area contributed by atoms with Gasteiger partial charge in [0.15, 0.2) is 0 Å². The smallest absolute Gasteiger partial charge is 0.324 e. The Balaban J connectivity index is 3.51. The Morgan fingerprint density at radius 2 is 2.25 bits per heavy atom. The third-order valence-electron chi connectivity index (χ3n) is 0.958. The lowest BCUT2D eigenvalue weighted by Gasteiger charge is -2.07. The normalized spacial score (nSPS) is 14.0. The van der Waals surface area contributed by atoms with Crippen molar-refractivity contribution < 1.29 is 9.59 Å². The molecule has 0 aliphatic rings. The Bertz CT molecular complexity index is 76.4. The van der Waals surface area contributed by atoms with Gasteiger partial charge >= 0.3 is 9.28 Å². The first-order valence-corrected chi connectivity index (χ1v) is 4.11. The molecule has 0 amide bonds. The SMILES string of the molecule is C=CC(CN)[SiH](O)O. The van der Waals surface area contributed by atoms with Crippen LogP contribution in [0.5, 0.6) is 0 Å². The summed E-state index contributed by atoms with van der Waals surface area (Å²) in [5.41, 5.74) is 4.87. The zero-order valence-corrected chi connectivity index (χ0v) is 5.77. The van der Waals surface area contributed by atoms with E-state index in [4.69, 9.17) is 15.3 Å². The van der Waals surface area contributed by atoms with Crippen molar-refractivity contribution in [2.24, 2.45) is 5.73 Å². The predicted molar refractivity (Wildman–Crippen MR) is 34.6 cm³/mol. The lowest BCUT2D eigenvalue weighted by Crippen LogP contribution is -2.24. The second-order valence-electron chi connectivity index (χ2n) is 1.55. The van der Waals surface area contributed by atoms with Crippen molar-refractivity contribution in [2.75, 3.05) is 6.54 Å². The summed E-state index contributed by atoms with van der Waals surface area (Å²) in [7, 11) is -2.53. The average molecular weight is 133 g/mol. The largest absolute Gasteiger partial charge is 0.413 e. The summed E-state index contributed by atoms with van der Waals surface area (Å²) < 4.78 is 0. The van der Waals surface area contributed by atoms with E-state index in [2.05, 4.69) is 6.58 Å². The van der Waals surface area contributed by atoms with E-state index in [-0.39, 0.29) is 12.1 Å². The van der Waals surface area contributed by atoms with E-state index in [0.29, 0.717) is 0 Å². The number of rotatable bonds is 3. The molecule has 0 bridgehead atoms. The van der Waals surface area contributed by atoms with Crippen LogP contribution in [-0.4, -0.2) is 25.4 Å². The molecule has 4 heteroatoms. The minimum Gasteiger partial charge on any atom is -0.413 e. The van der Waals surface area contributed by atoms with Crippen LogP contribution in [0.2, 0.25) is 5.54 Å². The van der Waals surface area contributed by atoms with Crippen LogP contribution in [0.25, 0.3) is 0 Å². The molecule has 48 valence electrons. The van der Waals surface area contributed by atoms with Gasteiger partial charge in [-0.3, -0.25) is 0 Å². The summed E-state index contributed by atoms with van der Waals surface area (Å²) in [6.07, 6.45) is 1.48. The first-order chi connectivity index (χ1) is 3.72. The predicted octanol–water partition coefficient (Wildman–Crippen LogP) is -1.29. The minimum absolute atomic E-state index is 0.255. The summed E-state index contributed by atoms with van der Waals surface area (Å²) in [5.74, 6) is 0. The lowest BCUT2D eigenvalue weighted by atomic mass is 10.4. The standard InChI is InChI=1S/C4H11NO2Si/c1-2-4(3-5)8(6)7/h2,4,6-8H,1,3,5H2. The number of hydrogen-bond donors (Lipinski definition) is 3. The van der Waals surface area contributed by atoms with Gasteiger partial charge in [-0.05, 0) is 0 Å². The Morgan fingerprint density at radius 1 is 1.75 bits per heavy atom. The highest BCUT2D eigenvalue weighted by atomic mass is 28.3. The Morgan fingerprint density at radius 3 is 2.25 bits per heavy atom. The zero-order chi connectivity index (χ0) is 6.57. The molecular formula is C4H11NO2Si. The van der Waals surface area contributed by atoms with Gasteiger partial charge in [0.25, 0.3) is 0 Å². The van der Waals surface area contributed by atoms with Crippen LogP contribution in [0.3, 0.4) is 0 Å². The molecule has 0 radical (unpaired) electrons. The van der Waals surface area contributed by atoms with Crippen molar-refractivity contribution in [3.8, 4) is 0 Å². The maximum Gasteiger partial charge on any atom is 0.324 e. The second-order valence-corrected chi connectivity index (χ2v) is 3.23. The van der Waals surface area contributed by atoms with Crippen molar-refractivity contribution in [3.63, 3.8) is 0 Å². The quantitative estimate of drug-likeness (QED) is 0.331. The molecule has 0 heterocycles. The molecule has 0 aliphatic heterocycles. The molecule has 0 saturated heterocycles. The molecule has 0 spiro atoms. The van der Waals surface area contributed by atoms with E-state index in [1.165, 1.54) is 6.08 Å². The number of nitrogens with two attached hydrogens (primary N) is 1. The maximum absolute atomic E-state index is 8.56. The van der Waals surface area contributed by atoms with Crippen molar-refractivity contribution in [2.45, 2.75) is 5.54 Å². The second kappa shape index (κ2) is 3.79. The summed E-state index contributed by atoms with van der Waals surface area (Å²) in [5, 5.41) is 0. The summed E-state index contributed by atoms with van der Waals surface area (Å²) in [4.78, 5) is 17.1. The Labute approximate surface area is 50.3 Å². The molecule has 8 heavy (non-hydrogen) atoms. The Hall–Kier alpha value is -0.163. The van der Waals surface area contributed by atoms with E-state index in [9.17, 15) is 0 Å². The van der Waals surface area contributed by atoms with Crippen LogP contribution in [-0.2, 0) is 0 Å². The summed E-state index contributed by atoms with van der Waals surface area (Å²) >= 11 is 0. The molecule has 0 aromatic rings. The van der Waals surface area contributed by atoms with Gasteiger partial charge in [0.05, 0.1) is 0 Å². The van der Waals surface area contributed by atoms with Crippen LogP contribution in [0.4, 0.5) is 0 Å². The van der Waals surface area contributed by atoms with E-state index >= 15 is 0 Å². The first kappa shape index (κ1) is 7.84. The van der Waals surface area contributed by atoms with Crippen molar-refractivity contribution >= 4 is 9.28 Å². The van der Waals surface area contributed by atoms with Crippen LogP contribution < -0.4 is 5.73 Å². The van der Waals surface area contributed by atoms with E-state index in [1.54, 1.807) is 0 Å².